The average Bonchev–Trinajstić information content (AvgIpc) is 2.72. The number of nitrogens with zero attached hydrogens (tertiary/aromatic N) is 3. The lowest BCUT2D eigenvalue weighted by Gasteiger charge is -2.39. The predicted octanol–water partition coefficient (Wildman–Crippen LogP) is 3.74. The zero-order valence-electron chi connectivity index (χ0n) is 17.7. The lowest BCUT2D eigenvalue weighted by atomic mass is 10.0. The Kier molecular flexibility index (Phi) is 5.16. The maximum Gasteiger partial charge on any atom is 0.255 e. The van der Waals surface area contributed by atoms with Crippen LogP contribution in [0.4, 0.5) is 5.69 Å². The lowest BCUT2D eigenvalue weighted by molar-refractivity contribution is -0.121. The molecule has 2 aromatic carbocycles. The summed E-state index contributed by atoms with van der Waals surface area (Å²) in [4.78, 5) is 34.4. The molecule has 0 N–H and O–H groups in total. The van der Waals surface area contributed by atoms with Crippen LogP contribution in [-0.2, 0) is 4.79 Å². The number of fused-ring (bicyclic) bond motifs is 1. The minimum Gasteiger partial charge on any atom is -0.497 e. The van der Waals surface area contributed by atoms with E-state index in [2.05, 4.69) is 4.98 Å². The van der Waals surface area contributed by atoms with Gasteiger partial charge in [-0.2, -0.15) is 0 Å². The topological polar surface area (TPSA) is 62.7 Å². The largest absolute Gasteiger partial charge is 0.497 e. The molecule has 0 bridgehead atoms. The van der Waals surface area contributed by atoms with E-state index in [1.54, 1.807) is 16.9 Å². The number of hydrogen-bond acceptors (Lipinski definition) is 4. The van der Waals surface area contributed by atoms with Crippen LogP contribution >= 0.6 is 0 Å². The molecule has 1 atom stereocenters. The van der Waals surface area contributed by atoms with Crippen molar-refractivity contribution in [2.24, 2.45) is 0 Å². The highest BCUT2D eigenvalue weighted by Crippen LogP contribution is 2.27. The first-order valence-corrected chi connectivity index (χ1v) is 10.0. The number of hydrogen-bond donors (Lipinski definition) is 0. The molecule has 0 aliphatic carbocycles. The quantitative estimate of drug-likeness (QED) is 0.668. The number of carbonyl (C=O) groups is 2. The lowest BCUT2D eigenvalue weighted by Crippen LogP contribution is -2.57. The van der Waals surface area contributed by atoms with Crippen molar-refractivity contribution in [3.05, 3.63) is 65.4 Å². The Morgan fingerprint density at radius 3 is 2.67 bits per heavy atom. The number of pyridine rings is 1. The first-order chi connectivity index (χ1) is 14.4. The summed E-state index contributed by atoms with van der Waals surface area (Å²) >= 11 is 0. The van der Waals surface area contributed by atoms with Gasteiger partial charge in [0.15, 0.2) is 0 Å². The highest BCUT2D eigenvalue weighted by atomic mass is 16.5. The smallest absolute Gasteiger partial charge is 0.255 e. The Bertz CT molecular complexity index is 1140. The van der Waals surface area contributed by atoms with Crippen molar-refractivity contribution in [2.75, 3.05) is 25.1 Å². The normalized spacial score (nSPS) is 16.8. The van der Waals surface area contributed by atoms with E-state index in [9.17, 15) is 9.59 Å². The molecule has 154 valence electrons. The van der Waals surface area contributed by atoms with Crippen LogP contribution in [0.1, 0.15) is 28.5 Å². The van der Waals surface area contributed by atoms with Gasteiger partial charge in [0.2, 0.25) is 5.91 Å². The first-order valence-electron chi connectivity index (χ1n) is 10.0. The molecule has 30 heavy (non-hydrogen) atoms. The number of methoxy groups -OCH3 is 1. The van der Waals surface area contributed by atoms with Crippen molar-refractivity contribution >= 4 is 28.4 Å². The molecule has 2 heterocycles. The fourth-order valence-electron chi connectivity index (χ4n) is 4.08. The molecular weight excluding hydrogens is 378 g/mol. The molecule has 1 saturated heterocycles. The number of aromatic nitrogens is 1. The average molecular weight is 403 g/mol. The third-order valence-electron chi connectivity index (χ3n) is 5.46. The van der Waals surface area contributed by atoms with Gasteiger partial charge in [-0.1, -0.05) is 17.7 Å². The van der Waals surface area contributed by atoms with Gasteiger partial charge in [-0.25, -0.2) is 0 Å². The number of carbonyl (C=O) groups excluding carboxylic acids is 2. The molecule has 4 rings (SSSR count). The molecule has 2 amide bonds. The molecule has 1 aliphatic rings. The van der Waals surface area contributed by atoms with Crippen LogP contribution in [0.3, 0.4) is 0 Å². The fourth-order valence-corrected chi connectivity index (χ4v) is 4.08. The molecule has 6 nitrogen and oxygen atoms in total. The van der Waals surface area contributed by atoms with E-state index in [4.69, 9.17) is 4.74 Å². The number of benzene rings is 2. The Balaban J connectivity index is 1.64. The third-order valence-corrected chi connectivity index (χ3v) is 5.46. The summed E-state index contributed by atoms with van der Waals surface area (Å²) in [6.07, 6.45) is 0. The summed E-state index contributed by atoms with van der Waals surface area (Å²) in [5, 5.41) is 0.820. The molecule has 0 saturated carbocycles. The summed E-state index contributed by atoms with van der Waals surface area (Å²) in [5.41, 5.74) is 4.01. The van der Waals surface area contributed by atoms with Crippen LogP contribution in [0.25, 0.3) is 10.9 Å². The van der Waals surface area contributed by atoms with Crippen LogP contribution in [0.15, 0.2) is 48.5 Å². The third kappa shape index (κ3) is 3.61. The second-order valence-electron chi connectivity index (χ2n) is 7.83. The van der Waals surface area contributed by atoms with Crippen molar-refractivity contribution < 1.29 is 14.3 Å². The zero-order valence-corrected chi connectivity index (χ0v) is 17.7. The second-order valence-corrected chi connectivity index (χ2v) is 7.83. The summed E-state index contributed by atoms with van der Waals surface area (Å²) in [6.45, 7) is 6.32. The maximum atomic E-state index is 13.4. The zero-order chi connectivity index (χ0) is 21.4. The van der Waals surface area contributed by atoms with E-state index in [-0.39, 0.29) is 24.4 Å². The van der Waals surface area contributed by atoms with Crippen LogP contribution in [0, 0.1) is 13.8 Å². The molecule has 3 aromatic rings. The number of ether oxygens (including phenoxy) is 1. The van der Waals surface area contributed by atoms with E-state index < -0.39 is 0 Å². The van der Waals surface area contributed by atoms with Gasteiger partial charge in [-0.15, -0.1) is 0 Å². The van der Waals surface area contributed by atoms with Crippen molar-refractivity contribution in [1.82, 2.24) is 9.88 Å². The van der Waals surface area contributed by atoms with Crippen LogP contribution in [0.5, 0.6) is 5.75 Å². The van der Waals surface area contributed by atoms with Crippen LogP contribution in [-0.4, -0.2) is 47.9 Å². The second kappa shape index (κ2) is 7.78. The number of amides is 2. The first kappa shape index (κ1) is 19.9. The van der Waals surface area contributed by atoms with Gasteiger partial charge in [0.05, 0.1) is 24.2 Å². The Morgan fingerprint density at radius 2 is 1.93 bits per heavy atom. The fraction of sp³-hybridized carbons (Fsp3) is 0.292. The van der Waals surface area contributed by atoms with E-state index in [1.807, 2.05) is 69.3 Å². The van der Waals surface area contributed by atoms with Gasteiger partial charge >= 0.3 is 0 Å². The van der Waals surface area contributed by atoms with Crippen molar-refractivity contribution in [1.29, 1.82) is 0 Å². The maximum absolute atomic E-state index is 13.4. The van der Waals surface area contributed by atoms with E-state index in [0.29, 0.717) is 17.9 Å². The summed E-state index contributed by atoms with van der Waals surface area (Å²) < 4.78 is 5.29. The monoisotopic (exact) mass is 403 g/mol. The Morgan fingerprint density at radius 1 is 1.13 bits per heavy atom. The molecule has 1 aliphatic heterocycles. The van der Waals surface area contributed by atoms with Crippen LogP contribution in [0.2, 0.25) is 0 Å². The minimum absolute atomic E-state index is 0.0368. The molecular formula is C24H25N3O3. The number of rotatable bonds is 3. The van der Waals surface area contributed by atoms with Gasteiger partial charge in [0.1, 0.15) is 12.3 Å². The van der Waals surface area contributed by atoms with E-state index >= 15 is 0 Å². The molecule has 1 fully saturated rings. The van der Waals surface area contributed by atoms with Gasteiger partial charge in [0.25, 0.3) is 5.91 Å². The van der Waals surface area contributed by atoms with Gasteiger partial charge in [-0.05, 0) is 51.1 Å². The SMILES string of the molecule is COc1cccc(N2C(=O)CN(C(=O)c3cc(C)nc4ccc(C)cc34)CC2C)c1. The van der Waals surface area contributed by atoms with E-state index in [1.165, 1.54) is 0 Å². The Labute approximate surface area is 176 Å². The minimum atomic E-state index is -0.154. The molecule has 1 aromatic heterocycles. The molecule has 1 unspecified atom stereocenters. The molecule has 6 heteroatoms. The number of piperazine rings is 1. The van der Waals surface area contributed by atoms with Crippen molar-refractivity contribution in [2.45, 2.75) is 26.8 Å². The number of aryl methyl sites for hydroxylation is 2. The summed E-state index contributed by atoms with van der Waals surface area (Å²) in [5.74, 6) is 0.448. The van der Waals surface area contributed by atoms with Crippen molar-refractivity contribution in [3.8, 4) is 5.75 Å². The molecule has 0 spiro atoms. The predicted molar refractivity (Wildman–Crippen MR) is 117 cm³/mol. The standard InChI is InChI=1S/C24H25N3O3/c1-15-8-9-22-20(10-15)21(11-16(2)25-22)24(29)26-13-17(3)27(23(28)14-26)18-6-5-7-19(12-18)30-4/h5-12,17H,13-14H2,1-4H3. The van der Waals surface area contributed by atoms with Crippen LogP contribution < -0.4 is 9.64 Å². The van der Waals surface area contributed by atoms with Crippen molar-refractivity contribution in [3.63, 3.8) is 0 Å². The summed E-state index contributed by atoms with van der Waals surface area (Å²) in [6, 6.07) is 15.0. The molecule has 0 radical (unpaired) electrons. The summed E-state index contributed by atoms with van der Waals surface area (Å²) in [7, 11) is 1.60. The highest BCUT2D eigenvalue weighted by molar-refractivity contribution is 6.08. The van der Waals surface area contributed by atoms with Gasteiger partial charge in [0, 0.05) is 29.4 Å². The van der Waals surface area contributed by atoms with Gasteiger partial charge in [-0.3, -0.25) is 14.6 Å². The Hall–Kier alpha value is -3.41. The van der Waals surface area contributed by atoms with Gasteiger partial charge < -0.3 is 14.5 Å². The highest BCUT2D eigenvalue weighted by Gasteiger charge is 2.34. The van der Waals surface area contributed by atoms with E-state index in [0.717, 1.165) is 27.8 Å². The number of anilines is 1.